The molecule has 0 aliphatic heterocycles. The van der Waals surface area contributed by atoms with Gasteiger partial charge in [-0.1, -0.05) is 58.9 Å². The summed E-state index contributed by atoms with van der Waals surface area (Å²) in [6, 6.07) is 8.44. The first kappa shape index (κ1) is 13.1. The molecule has 0 saturated heterocycles. The van der Waals surface area contributed by atoms with Crippen LogP contribution in [0.4, 0.5) is 0 Å². The Hall–Kier alpha value is -1.31. The maximum atomic E-state index is 11.2. The van der Waals surface area contributed by atoms with Gasteiger partial charge in [0.2, 0.25) is 0 Å². The summed E-state index contributed by atoms with van der Waals surface area (Å²) in [6.07, 6.45) is 0. The van der Waals surface area contributed by atoms with Crippen LogP contribution in [0.1, 0.15) is 51.7 Å². The molecular formula is C16H22O2. The van der Waals surface area contributed by atoms with Crippen LogP contribution in [0.15, 0.2) is 24.3 Å². The molecule has 18 heavy (non-hydrogen) atoms. The van der Waals surface area contributed by atoms with E-state index in [1.165, 1.54) is 5.56 Å². The lowest BCUT2D eigenvalue weighted by Crippen LogP contribution is -2.10. The van der Waals surface area contributed by atoms with E-state index in [0.717, 1.165) is 5.56 Å². The van der Waals surface area contributed by atoms with Gasteiger partial charge < -0.3 is 5.11 Å². The highest BCUT2D eigenvalue weighted by Crippen LogP contribution is 2.64. The van der Waals surface area contributed by atoms with Crippen LogP contribution in [0.5, 0.6) is 0 Å². The molecule has 1 fully saturated rings. The molecule has 0 aromatic heterocycles. The van der Waals surface area contributed by atoms with E-state index in [1.54, 1.807) is 0 Å². The first-order valence-electron chi connectivity index (χ1n) is 6.49. The van der Waals surface area contributed by atoms with Crippen LogP contribution in [0.3, 0.4) is 0 Å². The predicted molar refractivity (Wildman–Crippen MR) is 72.8 cm³/mol. The second kappa shape index (κ2) is 3.84. The Morgan fingerprint density at radius 2 is 1.67 bits per heavy atom. The SMILES string of the molecule is CC(C)(C)c1ccc([C@H]2[C@@H](C(=O)O)C2(C)C)cc1. The number of aliphatic carboxylic acids is 1. The molecular weight excluding hydrogens is 224 g/mol. The van der Waals surface area contributed by atoms with E-state index in [2.05, 4.69) is 45.0 Å². The third-order valence-electron chi connectivity index (χ3n) is 4.23. The van der Waals surface area contributed by atoms with Gasteiger partial charge in [0, 0.05) is 5.92 Å². The molecule has 1 saturated carbocycles. The number of carbonyl (C=O) groups is 1. The fourth-order valence-electron chi connectivity index (χ4n) is 2.91. The lowest BCUT2D eigenvalue weighted by atomic mass is 9.86. The van der Waals surface area contributed by atoms with Gasteiger partial charge in [-0.15, -0.1) is 0 Å². The van der Waals surface area contributed by atoms with Crippen molar-refractivity contribution in [2.75, 3.05) is 0 Å². The van der Waals surface area contributed by atoms with Gasteiger partial charge in [-0.2, -0.15) is 0 Å². The molecule has 1 N–H and O–H groups in total. The monoisotopic (exact) mass is 246 g/mol. The molecule has 0 unspecified atom stereocenters. The quantitative estimate of drug-likeness (QED) is 0.861. The average Bonchev–Trinajstić information content (AvgIpc) is 2.80. The molecule has 2 atom stereocenters. The zero-order valence-electron chi connectivity index (χ0n) is 11.8. The molecule has 2 nitrogen and oxygen atoms in total. The summed E-state index contributed by atoms with van der Waals surface area (Å²) in [5.74, 6) is -0.757. The van der Waals surface area contributed by atoms with Gasteiger partial charge in [0.25, 0.3) is 0 Å². The molecule has 0 radical (unpaired) electrons. The van der Waals surface area contributed by atoms with E-state index in [4.69, 9.17) is 0 Å². The standard InChI is InChI=1S/C16H22O2/c1-15(2,3)11-8-6-10(7-9-11)12-13(14(17)18)16(12,4)5/h6-9,12-13H,1-5H3,(H,17,18)/t12-,13-/m0/s1. The first-order valence-corrected chi connectivity index (χ1v) is 6.49. The Balaban J connectivity index is 2.25. The van der Waals surface area contributed by atoms with E-state index >= 15 is 0 Å². The lowest BCUT2D eigenvalue weighted by Gasteiger charge is -2.19. The molecule has 2 heteroatoms. The van der Waals surface area contributed by atoms with Crippen molar-refractivity contribution in [3.63, 3.8) is 0 Å². The summed E-state index contributed by atoms with van der Waals surface area (Å²) in [6.45, 7) is 10.6. The molecule has 0 amide bonds. The van der Waals surface area contributed by atoms with E-state index in [-0.39, 0.29) is 22.7 Å². The van der Waals surface area contributed by atoms with Gasteiger partial charge in [0.15, 0.2) is 0 Å². The van der Waals surface area contributed by atoms with Crippen LogP contribution in [0, 0.1) is 11.3 Å². The number of carboxylic acids is 1. The van der Waals surface area contributed by atoms with Crippen LogP contribution in [-0.2, 0) is 10.2 Å². The minimum absolute atomic E-state index is 0.116. The Morgan fingerprint density at radius 3 is 2.00 bits per heavy atom. The molecule has 0 heterocycles. The minimum Gasteiger partial charge on any atom is -0.481 e. The topological polar surface area (TPSA) is 37.3 Å². The molecule has 98 valence electrons. The van der Waals surface area contributed by atoms with Gasteiger partial charge in [0.05, 0.1) is 5.92 Å². The van der Waals surface area contributed by atoms with Crippen LogP contribution in [0.25, 0.3) is 0 Å². The third-order valence-corrected chi connectivity index (χ3v) is 4.23. The molecule has 1 aromatic rings. The predicted octanol–water partition coefficient (Wildman–Crippen LogP) is 3.81. The zero-order valence-corrected chi connectivity index (χ0v) is 11.8. The van der Waals surface area contributed by atoms with Crippen LogP contribution in [0.2, 0.25) is 0 Å². The molecule has 1 aliphatic carbocycles. The normalized spacial score (nSPS) is 25.8. The second-order valence-corrected chi connectivity index (χ2v) is 6.99. The summed E-state index contributed by atoms with van der Waals surface area (Å²) in [5, 5.41) is 9.20. The Kier molecular flexibility index (Phi) is 2.80. The van der Waals surface area contributed by atoms with Crippen LogP contribution >= 0.6 is 0 Å². The van der Waals surface area contributed by atoms with E-state index < -0.39 is 5.97 Å². The van der Waals surface area contributed by atoms with Crippen molar-refractivity contribution in [3.05, 3.63) is 35.4 Å². The molecule has 1 aromatic carbocycles. The maximum Gasteiger partial charge on any atom is 0.307 e. The minimum atomic E-state index is -0.676. The summed E-state index contributed by atoms with van der Waals surface area (Å²) < 4.78 is 0. The Morgan fingerprint density at radius 1 is 1.17 bits per heavy atom. The van der Waals surface area contributed by atoms with Crippen LogP contribution in [-0.4, -0.2) is 11.1 Å². The van der Waals surface area contributed by atoms with Crippen molar-refractivity contribution in [1.29, 1.82) is 0 Å². The molecule has 0 bridgehead atoms. The number of rotatable bonds is 2. The van der Waals surface area contributed by atoms with E-state index in [0.29, 0.717) is 0 Å². The van der Waals surface area contributed by atoms with Crippen molar-refractivity contribution in [2.24, 2.45) is 11.3 Å². The van der Waals surface area contributed by atoms with E-state index in [9.17, 15) is 9.90 Å². The number of hydrogen-bond acceptors (Lipinski definition) is 1. The maximum absolute atomic E-state index is 11.2. The molecule has 2 rings (SSSR count). The Bertz CT molecular complexity index is 463. The molecule has 0 spiro atoms. The lowest BCUT2D eigenvalue weighted by molar-refractivity contribution is -0.139. The number of benzene rings is 1. The highest BCUT2D eigenvalue weighted by atomic mass is 16.4. The third kappa shape index (κ3) is 2.05. The van der Waals surface area contributed by atoms with Gasteiger partial charge in [-0.25, -0.2) is 0 Å². The number of hydrogen-bond donors (Lipinski definition) is 1. The van der Waals surface area contributed by atoms with Crippen molar-refractivity contribution in [1.82, 2.24) is 0 Å². The van der Waals surface area contributed by atoms with Crippen molar-refractivity contribution >= 4 is 5.97 Å². The summed E-state index contributed by atoms with van der Waals surface area (Å²) in [7, 11) is 0. The summed E-state index contributed by atoms with van der Waals surface area (Å²) >= 11 is 0. The smallest absolute Gasteiger partial charge is 0.307 e. The van der Waals surface area contributed by atoms with Crippen molar-refractivity contribution in [3.8, 4) is 0 Å². The van der Waals surface area contributed by atoms with Gasteiger partial charge in [0.1, 0.15) is 0 Å². The second-order valence-electron chi connectivity index (χ2n) is 6.99. The first-order chi connectivity index (χ1) is 8.15. The number of carboxylic acid groups (broad SMARTS) is 1. The van der Waals surface area contributed by atoms with Crippen molar-refractivity contribution < 1.29 is 9.90 Å². The largest absolute Gasteiger partial charge is 0.481 e. The highest BCUT2D eigenvalue weighted by Gasteiger charge is 2.62. The van der Waals surface area contributed by atoms with E-state index in [1.807, 2.05) is 13.8 Å². The van der Waals surface area contributed by atoms with Gasteiger partial charge in [-0.3, -0.25) is 4.79 Å². The van der Waals surface area contributed by atoms with Crippen LogP contribution < -0.4 is 0 Å². The highest BCUT2D eigenvalue weighted by molar-refractivity contribution is 5.77. The zero-order chi connectivity index (χ0) is 13.7. The van der Waals surface area contributed by atoms with Gasteiger partial charge in [-0.05, 0) is 22.0 Å². The summed E-state index contributed by atoms with van der Waals surface area (Å²) in [4.78, 5) is 11.2. The fourth-order valence-corrected chi connectivity index (χ4v) is 2.91. The van der Waals surface area contributed by atoms with Crippen molar-refractivity contribution in [2.45, 2.75) is 46.0 Å². The molecule has 1 aliphatic rings. The summed E-state index contributed by atoms with van der Waals surface area (Å²) in [5.41, 5.74) is 2.47. The van der Waals surface area contributed by atoms with Gasteiger partial charge >= 0.3 is 5.97 Å². The average molecular weight is 246 g/mol. The Labute approximate surface area is 109 Å². The fraction of sp³-hybridized carbons (Fsp3) is 0.562.